The van der Waals surface area contributed by atoms with Crippen LogP contribution in [0.5, 0.6) is 0 Å². The average Bonchev–Trinajstić information content (AvgIpc) is 3.00. The van der Waals surface area contributed by atoms with E-state index in [4.69, 9.17) is 10.5 Å². The standard InChI is InChI=1S/C19H22N4O3S/c1-21-19(25)26-11-13-4-6-14-15(9-13)27-18(17(14)20)23-16(24)7-5-12-3-2-8-22-10-12/h2-3,5,7-8,10,13H,4,6,9,11,20H2,1H3,(H,21,25)(H,23,24)/b7-5+. The van der Waals surface area contributed by atoms with E-state index in [2.05, 4.69) is 15.6 Å². The number of nitrogen functional groups attached to an aromatic ring is 1. The van der Waals surface area contributed by atoms with E-state index in [1.165, 1.54) is 17.4 Å². The van der Waals surface area contributed by atoms with Crippen LogP contribution in [0.25, 0.3) is 6.08 Å². The first-order valence-corrected chi connectivity index (χ1v) is 9.52. The minimum atomic E-state index is -0.417. The van der Waals surface area contributed by atoms with Gasteiger partial charge in [0, 0.05) is 30.4 Å². The lowest BCUT2D eigenvalue weighted by Crippen LogP contribution is -2.25. The maximum Gasteiger partial charge on any atom is 0.406 e. The second-order valence-corrected chi connectivity index (χ2v) is 7.42. The number of anilines is 2. The number of aromatic nitrogens is 1. The summed E-state index contributed by atoms with van der Waals surface area (Å²) in [6.45, 7) is 0.381. The zero-order valence-electron chi connectivity index (χ0n) is 15.0. The van der Waals surface area contributed by atoms with Crippen LogP contribution < -0.4 is 16.4 Å². The number of nitrogens with two attached hydrogens (primary N) is 1. The second-order valence-electron chi connectivity index (χ2n) is 6.31. The van der Waals surface area contributed by atoms with Gasteiger partial charge in [-0.2, -0.15) is 0 Å². The molecule has 3 rings (SSSR count). The molecule has 142 valence electrons. The van der Waals surface area contributed by atoms with Gasteiger partial charge in [0.25, 0.3) is 0 Å². The molecule has 2 heterocycles. The number of pyridine rings is 1. The molecule has 2 amide bonds. The fourth-order valence-corrected chi connectivity index (χ4v) is 4.26. The van der Waals surface area contributed by atoms with Crippen LogP contribution in [0, 0.1) is 5.92 Å². The Balaban J connectivity index is 1.62. The molecule has 2 aromatic rings. The summed E-state index contributed by atoms with van der Waals surface area (Å²) in [5.74, 6) is 0.0329. The van der Waals surface area contributed by atoms with E-state index >= 15 is 0 Å². The van der Waals surface area contributed by atoms with Crippen LogP contribution >= 0.6 is 11.3 Å². The normalized spacial score (nSPS) is 16.0. The first kappa shape index (κ1) is 18.9. The minimum absolute atomic E-state index is 0.233. The van der Waals surface area contributed by atoms with E-state index in [-0.39, 0.29) is 11.8 Å². The number of nitrogens with zero attached hydrogens (tertiary/aromatic N) is 1. The summed E-state index contributed by atoms with van der Waals surface area (Å²) >= 11 is 1.50. The number of amides is 2. The molecule has 2 aromatic heterocycles. The molecule has 0 bridgehead atoms. The number of hydrogen-bond donors (Lipinski definition) is 3. The van der Waals surface area contributed by atoms with Gasteiger partial charge >= 0.3 is 6.09 Å². The topological polar surface area (TPSA) is 106 Å². The van der Waals surface area contributed by atoms with Gasteiger partial charge in [0.15, 0.2) is 0 Å². The highest BCUT2D eigenvalue weighted by Crippen LogP contribution is 2.41. The Morgan fingerprint density at radius 3 is 3.07 bits per heavy atom. The van der Waals surface area contributed by atoms with E-state index in [9.17, 15) is 9.59 Å². The number of carbonyl (C=O) groups excluding carboxylic acids is 2. The van der Waals surface area contributed by atoms with Crippen LogP contribution in [-0.4, -0.2) is 30.6 Å². The quantitative estimate of drug-likeness (QED) is 0.685. The molecule has 4 N–H and O–H groups in total. The van der Waals surface area contributed by atoms with Crippen LogP contribution in [0.4, 0.5) is 15.5 Å². The molecule has 0 aromatic carbocycles. The lowest BCUT2D eigenvalue weighted by atomic mass is 9.89. The smallest absolute Gasteiger partial charge is 0.406 e. The van der Waals surface area contributed by atoms with Gasteiger partial charge in [0.2, 0.25) is 5.91 Å². The number of thiophene rings is 1. The molecule has 0 radical (unpaired) electrons. The summed E-state index contributed by atoms with van der Waals surface area (Å²) in [6, 6.07) is 3.68. The van der Waals surface area contributed by atoms with Crippen molar-refractivity contribution in [2.45, 2.75) is 19.3 Å². The van der Waals surface area contributed by atoms with Crippen molar-refractivity contribution in [3.05, 3.63) is 46.6 Å². The zero-order valence-corrected chi connectivity index (χ0v) is 15.8. The van der Waals surface area contributed by atoms with Crippen LogP contribution in [-0.2, 0) is 22.4 Å². The van der Waals surface area contributed by atoms with Gasteiger partial charge in [-0.15, -0.1) is 11.3 Å². The van der Waals surface area contributed by atoms with E-state index in [0.29, 0.717) is 17.3 Å². The van der Waals surface area contributed by atoms with Gasteiger partial charge in [-0.05, 0) is 48.4 Å². The van der Waals surface area contributed by atoms with Crippen molar-refractivity contribution >= 4 is 40.1 Å². The number of carbonyl (C=O) groups is 2. The molecule has 0 aliphatic heterocycles. The van der Waals surface area contributed by atoms with Gasteiger partial charge in [0.05, 0.1) is 12.3 Å². The fraction of sp³-hybridized carbons (Fsp3) is 0.316. The number of alkyl carbamates (subject to hydrolysis) is 1. The van der Waals surface area contributed by atoms with E-state index in [0.717, 1.165) is 35.3 Å². The Bertz CT molecular complexity index is 848. The molecular weight excluding hydrogens is 364 g/mol. The van der Waals surface area contributed by atoms with Crippen molar-refractivity contribution in [2.24, 2.45) is 5.92 Å². The number of hydrogen-bond acceptors (Lipinski definition) is 6. The third kappa shape index (κ3) is 4.85. The van der Waals surface area contributed by atoms with Crippen LogP contribution in [0.1, 0.15) is 22.4 Å². The number of nitrogens with one attached hydrogen (secondary N) is 2. The Morgan fingerprint density at radius 1 is 1.48 bits per heavy atom. The average molecular weight is 386 g/mol. The highest BCUT2D eigenvalue weighted by atomic mass is 32.1. The molecule has 0 fully saturated rings. The van der Waals surface area contributed by atoms with E-state index in [1.807, 2.05) is 12.1 Å². The zero-order chi connectivity index (χ0) is 19.2. The predicted molar refractivity (Wildman–Crippen MR) is 107 cm³/mol. The summed E-state index contributed by atoms with van der Waals surface area (Å²) in [6.07, 6.45) is 8.64. The van der Waals surface area contributed by atoms with Crippen LogP contribution in [0.2, 0.25) is 0 Å². The molecule has 0 spiro atoms. The summed E-state index contributed by atoms with van der Waals surface area (Å²) in [7, 11) is 1.54. The maximum absolute atomic E-state index is 12.2. The van der Waals surface area contributed by atoms with Crippen LogP contribution in [0.15, 0.2) is 30.6 Å². The van der Waals surface area contributed by atoms with Gasteiger partial charge in [-0.25, -0.2) is 4.79 Å². The first-order chi connectivity index (χ1) is 13.1. The summed E-state index contributed by atoms with van der Waals surface area (Å²) < 4.78 is 5.16. The third-order valence-corrected chi connectivity index (χ3v) is 5.60. The van der Waals surface area contributed by atoms with Gasteiger partial charge in [-0.3, -0.25) is 9.78 Å². The molecule has 1 unspecified atom stereocenters. The predicted octanol–water partition coefficient (Wildman–Crippen LogP) is 2.84. The Kier molecular flexibility index (Phi) is 6.08. The molecule has 7 nitrogen and oxygen atoms in total. The van der Waals surface area contributed by atoms with Crippen molar-refractivity contribution in [3.8, 4) is 0 Å². The molecule has 8 heteroatoms. The number of rotatable bonds is 5. The number of ether oxygens (including phenoxy) is 1. The van der Waals surface area contributed by atoms with Gasteiger partial charge in [-0.1, -0.05) is 6.07 Å². The lowest BCUT2D eigenvalue weighted by Gasteiger charge is -2.21. The van der Waals surface area contributed by atoms with Crippen molar-refractivity contribution in [1.82, 2.24) is 10.3 Å². The van der Waals surface area contributed by atoms with Crippen molar-refractivity contribution in [1.29, 1.82) is 0 Å². The summed E-state index contributed by atoms with van der Waals surface area (Å²) in [4.78, 5) is 28.6. The number of fused-ring (bicyclic) bond motifs is 1. The second kappa shape index (κ2) is 8.68. The summed E-state index contributed by atoms with van der Waals surface area (Å²) in [5, 5.41) is 5.98. The highest BCUT2D eigenvalue weighted by molar-refractivity contribution is 7.17. The van der Waals surface area contributed by atoms with E-state index < -0.39 is 6.09 Å². The van der Waals surface area contributed by atoms with Crippen molar-refractivity contribution < 1.29 is 14.3 Å². The monoisotopic (exact) mass is 386 g/mol. The molecule has 0 saturated carbocycles. The lowest BCUT2D eigenvalue weighted by molar-refractivity contribution is -0.111. The largest absolute Gasteiger partial charge is 0.449 e. The third-order valence-electron chi connectivity index (χ3n) is 4.41. The van der Waals surface area contributed by atoms with Crippen LogP contribution in [0.3, 0.4) is 0 Å². The fourth-order valence-electron chi connectivity index (χ4n) is 2.98. The SMILES string of the molecule is CNC(=O)OCC1CCc2c(sc(NC(=O)/C=C/c3cccnc3)c2N)C1. The Morgan fingerprint density at radius 2 is 2.33 bits per heavy atom. The van der Waals surface area contributed by atoms with Gasteiger partial charge in [0.1, 0.15) is 5.00 Å². The summed E-state index contributed by atoms with van der Waals surface area (Å²) in [5.41, 5.74) is 8.83. The highest BCUT2D eigenvalue weighted by Gasteiger charge is 2.25. The van der Waals surface area contributed by atoms with Crippen molar-refractivity contribution in [2.75, 3.05) is 24.7 Å². The van der Waals surface area contributed by atoms with E-state index in [1.54, 1.807) is 25.5 Å². The Labute approximate surface area is 161 Å². The maximum atomic E-state index is 12.2. The minimum Gasteiger partial charge on any atom is -0.449 e. The molecule has 1 aliphatic carbocycles. The van der Waals surface area contributed by atoms with Crippen molar-refractivity contribution in [3.63, 3.8) is 0 Å². The molecule has 1 atom stereocenters. The first-order valence-electron chi connectivity index (χ1n) is 8.70. The van der Waals surface area contributed by atoms with Gasteiger partial charge < -0.3 is 21.1 Å². The molecule has 27 heavy (non-hydrogen) atoms. The molecule has 0 saturated heterocycles. The Hall–Kier alpha value is -2.87. The molecular formula is C19H22N4O3S. The molecule has 1 aliphatic rings.